The van der Waals surface area contributed by atoms with Crippen LogP contribution in [0.3, 0.4) is 0 Å². The van der Waals surface area contributed by atoms with Gasteiger partial charge in [0, 0.05) is 23.0 Å². The summed E-state index contributed by atoms with van der Waals surface area (Å²) in [7, 11) is 1.93. The molecule has 0 saturated heterocycles. The number of amides is 1. The Morgan fingerprint density at radius 1 is 1.38 bits per heavy atom. The number of hydrogen-bond donors (Lipinski definition) is 2. The van der Waals surface area contributed by atoms with Crippen LogP contribution in [0.25, 0.3) is 0 Å². The van der Waals surface area contributed by atoms with Gasteiger partial charge in [0.05, 0.1) is 4.88 Å². The Hall–Kier alpha value is -1.76. The van der Waals surface area contributed by atoms with E-state index >= 15 is 0 Å². The van der Waals surface area contributed by atoms with Gasteiger partial charge in [0.15, 0.2) is 0 Å². The predicted molar refractivity (Wildman–Crippen MR) is 82.3 cm³/mol. The van der Waals surface area contributed by atoms with Gasteiger partial charge >= 0.3 is 0 Å². The molecule has 0 radical (unpaired) electrons. The van der Waals surface area contributed by atoms with Crippen molar-refractivity contribution in [1.29, 1.82) is 0 Å². The second-order valence-corrected chi connectivity index (χ2v) is 6.02. The summed E-state index contributed by atoms with van der Waals surface area (Å²) in [6.07, 6.45) is 0. The van der Waals surface area contributed by atoms with Crippen LogP contribution in [-0.4, -0.2) is 17.9 Å². The summed E-state index contributed by atoms with van der Waals surface area (Å²) < 4.78 is 13.8. The predicted octanol–water partition coefficient (Wildman–Crippen LogP) is 2.68. The Morgan fingerprint density at radius 2 is 2.10 bits per heavy atom. The number of hydrogen-bond acceptors (Lipinski definition) is 4. The molecule has 0 bridgehead atoms. The molecule has 0 saturated carbocycles. The van der Waals surface area contributed by atoms with Crippen LogP contribution in [0, 0.1) is 5.82 Å². The molecule has 2 rings (SSSR count). The Bertz CT molecular complexity index is 629. The third-order valence-corrected chi connectivity index (χ3v) is 4.51. The maximum atomic E-state index is 13.8. The van der Waals surface area contributed by atoms with Crippen molar-refractivity contribution in [1.82, 2.24) is 10.3 Å². The van der Waals surface area contributed by atoms with Gasteiger partial charge in [0.1, 0.15) is 5.82 Å². The van der Waals surface area contributed by atoms with Crippen LogP contribution in [0.1, 0.15) is 33.1 Å². The maximum absolute atomic E-state index is 13.8. The standard InChI is InChI=1S/C15H18FN3OS/c1-10(12-5-3-4-6-13(12)16)19(2)9-11-7-8-14(21-11)15(20)18-17/h3-8,10H,9,17H2,1-2H3,(H,18,20). The fourth-order valence-corrected chi connectivity index (χ4v) is 3.06. The fraction of sp³-hybridized carbons (Fsp3) is 0.267. The van der Waals surface area contributed by atoms with Crippen LogP contribution in [0.4, 0.5) is 4.39 Å². The molecule has 0 aliphatic carbocycles. The molecular weight excluding hydrogens is 289 g/mol. The summed E-state index contributed by atoms with van der Waals surface area (Å²) in [5.41, 5.74) is 2.78. The Labute approximate surface area is 127 Å². The summed E-state index contributed by atoms with van der Waals surface area (Å²) in [5.74, 6) is 4.61. The number of nitrogen functional groups attached to an aromatic ring is 1. The van der Waals surface area contributed by atoms with Crippen LogP contribution >= 0.6 is 11.3 Å². The van der Waals surface area contributed by atoms with E-state index < -0.39 is 0 Å². The number of nitrogens with two attached hydrogens (primary N) is 1. The molecule has 0 aliphatic rings. The summed E-state index contributed by atoms with van der Waals surface area (Å²) in [5, 5.41) is 0. The minimum absolute atomic E-state index is 0.0555. The molecule has 2 aromatic rings. The van der Waals surface area contributed by atoms with Crippen molar-refractivity contribution in [3.63, 3.8) is 0 Å². The lowest BCUT2D eigenvalue weighted by Crippen LogP contribution is -2.29. The van der Waals surface area contributed by atoms with Crippen LogP contribution in [0.5, 0.6) is 0 Å². The summed E-state index contributed by atoms with van der Waals surface area (Å²) in [6.45, 7) is 2.59. The quantitative estimate of drug-likeness (QED) is 0.507. The zero-order valence-electron chi connectivity index (χ0n) is 12.0. The van der Waals surface area contributed by atoms with Gasteiger partial charge in [-0.1, -0.05) is 18.2 Å². The molecular formula is C15H18FN3OS. The van der Waals surface area contributed by atoms with Crippen LogP contribution < -0.4 is 11.3 Å². The van der Waals surface area contributed by atoms with Crippen molar-refractivity contribution in [3.8, 4) is 0 Å². The normalized spacial score (nSPS) is 12.4. The molecule has 1 aromatic carbocycles. The third kappa shape index (κ3) is 3.66. The highest BCUT2D eigenvalue weighted by Crippen LogP contribution is 2.25. The molecule has 1 amide bonds. The van der Waals surface area contributed by atoms with Gasteiger partial charge in [0.25, 0.3) is 5.91 Å². The minimum atomic E-state index is -0.295. The molecule has 1 aromatic heterocycles. The van der Waals surface area contributed by atoms with Gasteiger partial charge < -0.3 is 0 Å². The molecule has 0 aliphatic heterocycles. The lowest BCUT2D eigenvalue weighted by Gasteiger charge is -2.24. The van der Waals surface area contributed by atoms with Crippen LogP contribution in [0.2, 0.25) is 0 Å². The Kier molecular flexibility index (Phi) is 5.06. The van der Waals surface area contributed by atoms with Gasteiger partial charge in [-0.05, 0) is 32.2 Å². The SMILES string of the molecule is CC(c1ccccc1F)N(C)Cc1ccc(C(=O)NN)s1. The van der Waals surface area contributed by atoms with E-state index in [0.29, 0.717) is 17.0 Å². The van der Waals surface area contributed by atoms with E-state index in [-0.39, 0.29) is 17.8 Å². The third-order valence-electron chi connectivity index (χ3n) is 3.44. The summed E-state index contributed by atoms with van der Waals surface area (Å²) in [4.78, 5) is 15.1. The van der Waals surface area contributed by atoms with E-state index in [1.807, 2.05) is 31.0 Å². The molecule has 4 nitrogen and oxygen atoms in total. The Morgan fingerprint density at radius 3 is 2.76 bits per heavy atom. The van der Waals surface area contributed by atoms with Crippen molar-refractivity contribution in [2.24, 2.45) is 5.84 Å². The van der Waals surface area contributed by atoms with Gasteiger partial charge in [-0.2, -0.15) is 0 Å². The lowest BCUT2D eigenvalue weighted by atomic mass is 10.1. The highest BCUT2D eigenvalue weighted by molar-refractivity contribution is 7.14. The molecule has 1 unspecified atom stereocenters. The van der Waals surface area contributed by atoms with Crippen molar-refractivity contribution < 1.29 is 9.18 Å². The largest absolute Gasteiger partial charge is 0.294 e. The van der Waals surface area contributed by atoms with E-state index in [1.54, 1.807) is 18.2 Å². The van der Waals surface area contributed by atoms with Gasteiger partial charge in [0.2, 0.25) is 0 Å². The number of nitrogens with one attached hydrogen (secondary N) is 1. The topological polar surface area (TPSA) is 58.4 Å². The highest BCUT2D eigenvalue weighted by Gasteiger charge is 2.16. The average molecular weight is 307 g/mol. The summed E-state index contributed by atoms with van der Waals surface area (Å²) in [6, 6.07) is 10.3. The second kappa shape index (κ2) is 6.80. The molecule has 1 atom stereocenters. The number of rotatable bonds is 5. The van der Waals surface area contributed by atoms with Gasteiger partial charge in [-0.3, -0.25) is 15.1 Å². The number of carbonyl (C=O) groups is 1. The number of thiophene rings is 1. The molecule has 21 heavy (non-hydrogen) atoms. The van der Waals surface area contributed by atoms with Crippen molar-refractivity contribution >= 4 is 17.2 Å². The van der Waals surface area contributed by atoms with Crippen LogP contribution in [-0.2, 0) is 6.54 Å². The first-order valence-electron chi connectivity index (χ1n) is 6.57. The number of carbonyl (C=O) groups excluding carboxylic acids is 1. The van der Waals surface area contributed by atoms with Crippen molar-refractivity contribution in [3.05, 3.63) is 57.5 Å². The van der Waals surface area contributed by atoms with Crippen LogP contribution in [0.15, 0.2) is 36.4 Å². The summed E-state index contributed by atoms with van der Waals surface area (Å²) >= 11 is 1.38. The first kappa shape index (κ1) is 15.6. The smallest absolute Gasteiger partial charge is 0.275 e. The number of nitrogens with zero attached hydrogens (tertiary/aromatic N) is 1. The average Bonchev–Trinajstić information content (AvgIpc) is 2.94. The molecule has 0 fully saturated rings. The van der Waals surface area contributed by atoms with Gasteiger partial charge in [-0.25, -0.2) is 10.2 Å². The van der Waals surface area contributed by atoms with E-state index in [9.17, 15) is 9.18 Å². The zero-order valence-corrected chi connectivity index (χ0v) is 12.8. The second-order valence-electron chi connectivity index (χ2n) is 4.85. The molecule has 3 N–H and O–H groups in total. The minimum Gasteiger partial charge on any atom is -0.294 e. The molecule has 1 heterocycles. The molecule has 112 valence electrons. The Balaban J connectivity index is 2.07. The maximum Gasteiger partial charge on any atom is 0.275 e. The zero-order chi connectivity index (χ0) is 15.4. The van der Waals surface area contributed by atoms with E-state index in [4.69, 9.17) is 5.84 Å². The van der Waals surface area contributed by atoms with E-state index in [1.165, 1.54) is 17.4 Å². The number of hydrazine groups is 1. The molecule has 0 spiro atoms. The highest BCUT2D eigenvalue weighted by atomic mass is 32.1. The molecule has 6 heteroatoms. The van der Waals surface area contributed by atoms with Crippen molar-refractivity contribution in [2.45, 2.75) is 19.5 Å². The van der Waals surface area contributed by atoms with Crippen molar-refractivity contribution in [2.75, 3.05) is 7.05 Å². The first-order chi connectivity index (χ1) is 10.0. The number of halogens is 1. The van der Waals surface area contributed by atoms with E-state index in [2.05, 4.69) is 5.43 Å². The monoisotopic (exact) mass is 307 g/mol. The first-order valence-corrected chi connectivity index (χ1v) is 7.39. The lowest BCUT2D eigenvalue weighted by molar-refractivity contribution is 0.0957. The number of benzene rings is 1. The van der Waals surface area contributed by atoms with E-state index in [0.717, 1.165) is 4.88 Å². The van der Waals surface area contributed by atoms with Gasteiger partial charge in [-0.15, -0.1) is 11.3 Å². The fourth-order valence-electron chi connectivity index (χ4n) is 2.09.